The van der Waals surface area contributed by atoms with E-state index >= 15 is 0 Å². The molecule has 1 aliphatic heterocycles. The Morgan fingerprint density at radius 2 is 2.38 bits per heavy atom. The zero-order valence-corrected chi connectivity index (χ0v) is 5.34. The van der Waals surface area contributed by atoms with Crippen molar-refractivity contribution >= 4 is 5.84 Å². The average molecular weight is 114 g/mol. The Bertz CT molecular complexity index is 119. The molecule has 1 aliphatic rings. The van der Waals surface area contributed by atoms with Crippen LogP contribution in [0.1, 0.15) is 6.92 Å². The number of quaternary nitrogens is 1. The molecule has 8 heavy (non-hydrogen) atoms. The van der Waals surface area contributed by atoms with E-state index in [0.29, 0.717) is 0 Å². The van der Waals surface area contributed by atoms with E-state index in [4.69, 9.17) is 0 Å². The van der Waals surface area contributed by atoms with Crippen LogP contribution in [-0.2, 0) is 0 Å². The second-order valence-corrected chi connectivity index (χ2v) is 1.85. The van der Waals surface area contributed by atoms with Gasteiger partial charge in [-0.1, -0.05) is 0 Å². The van der Waals surface area contributed by atoms with Crippen LogP contribution in [0.4, 0.5) is 0 Å². The monoisotopic (exact) mass is 114 g/mol. The Morgan fingerprint density at radius 1 is 1.75 bits per heavy atom. The van der Waals surface area contributed by atoms with E-state index < -0.39 is 0 Å². The van der Waals surface area contributed by atoms with E-state index in [1.807, 2.05) is 26.0 Å². The van der Waals surface area contributed by atoms with Crippen molar-refractivity contribution in [1.29, 1.82) is 0 Å². The van der Waals surface area contributed by atoms with E-state index in [9.17, 15) is 0 Å². The Hall–Kier alpha value is -0.770. The molecule has 1 atom stereocenters. The number of hydrogen-bond acceptors (Lipinski definition) is 2. The molecule has 1 unspecified atom stereocenters. The highest BCUT2D eigenvalue weighted by Crippen LogP contribution is 1.89. The van der Waals surface area contributed by atoms with Gasteiger partial charge in [-0.3, -0.25) is 5.12 Å². The Labute approximate surface area is 48.7 Å². The quantitative estimate of drug-likeness (QED) is 0.430. The minimum Gasteiger partial charge on any atom is -0.378 e. The van der Waals surface area contributed by atoms with Crippen LogP contribution in [0.3, 0.4) is 0 Å². The van der Waals surface area contributed by atoms with Gasteiger partial charge in [0.25, 0.3) is 0 Å². The van der Waals surface area contributed by atoms with Crippen LogP contribution in [0.5, 0.6) is 0 Å². The molecule has 0 fully saturated rings. The van der Waals surface area contributed by atoms with Gasteiger partial charge in [0.1, 0.15) is 5.84 Å². The fraction of sp³-hybridized carbons (Fsp3) is 0.750. The molecule has 0 aliphatic carbocycles. The summed E-state index contributed by atoms with van der Waals surface area (Å²) >= 11 is 0. The average Bonchev–Trinajstić information content (AvgIpc) is 1.98. The van der Waals surface area contributed by atoms with Gasteiger partial charge in [-0.25, -0.2) is 5.01 Å². The lowest BCUT2D eigenvalue weighted by Gasteiger charge is -2.23. The second-order valence-electron chi connectivity index (χ2n) is 1.85. The van der Waals surface area contributed by atoms with E-state index in [2.05, 4.69) is 10.6 Å². The molecular weight excluding hydrogens is 104 g/mol. The van der Waals surface area contributed by atoms with Crippen molar-refractivity contribution < 1.29 is 5.12 Å². The van der Waals surface area contributed by atoms with Crippen LogP contribution in [0.15, 0.2) is 5.10 Å². The summed E-state index contributed by atoms with van der Waals surface area (Å²) in [6.45, 7) is 1.93. The number of nitrogens with one attached hydrogen (secondary N) is 1. The molecule has 0 radical (unpaired) electrons. The highest BCUT2D eigenvalue weighted by atomic mass is 15.9. The molecule has 46 valence electrons. The van der Waals surface area contributed by atoms with E-state index in [0.717, 1.165) is 11.0 Å². The molecule has 1 N–H and O–H groups in total. The molecule has 0 saturated heterocycles. The van der Waals surface area contributed by atoms with Crippen LogP contribution < -0.4 is 5.12 Å². The minimum atomic E-state index is 0.961. The molecule has 0 aromatic carbocycles. The van der Waals surface area contributed by atoms with Crippen molar-refractivity contribution in [3.8, 4) is 0 Å². The maximum absolute atomic E-state index is 3.83. The molecule has 1 heterocycles. The first-order valence-electron chi connectivity index (χ1n) is 2.54. The van der Waals surface area contributed by atoms with Crippen LogP contribution >= 0.6 is 0 Å². The first kappa shape index (κ1) is 5.37. The normalized spacial score (nSPS) is 27.6. The predicted octanol–water partition coefficient (Wildman–Crippen LogP) is -1.02. The zero-order valence-electron chi connectivity index (χ0n) is 5.34. The summed E-state index contributed by atoms with van der Waals surface area (Å²) in [5.74, 6) is 0.961. The van der Waals surface area contributed by atoms with Crippen LogP contribution in [0.2, 0.25) is 0 Å². The highest BCUT2D eigenvalue weighted by molar-refractivity contribution is 5.79. The van der Waals surface area contributed by atoms with Crippen molar-refractivity contribution in [3.63, 3.8) is 0 Å². The summed E-state index contributed by atoms with van der Waals surface area (Å²) in [6, 6.07) is 0. The zero-order chi connectivity index (χ0) is 6.15. The summed E-state index contributed by atoms with van der Waals surface area (Å²) in [4.78, 5) is 0. The Morgan fingerprint density at radius 3 is 2.50 bits per heavy atom. The molecule has 0 saturated carbocycles. The maximum atomic E-state index is 3.83. The molecule has 1 rings (SSSR count). The first-order chi connectivity index (χ1) is 3.72. The third-order valence-electron chi connectivity index (χ3n) is 1.31. The summed E-state index contributed by atoms with van der Waals surface area (Å²) < 4.78 is 0. The van der Waals surface area contributed by atoms with Gasteiger partial charge >= 0.3 is 0 Å². The van der Waals surface area contributed by atoms with Gasteiger partial charge in [-0.05, 0) is 6.92 Å². The fourth-order valence-electron chi connectivity index (χ4n) is 0.513. The lowest BCUT2D eigenvalue weighted by atomic mass is 10.7. The van der Waals surface area contributed by atoms with Gasteiger partial charge in [0.15, 0.2) is 0 Å². The Balaban J connectivity index is 2.59. The lowest BCUT2D eigenvalue weighted by molar-refractivity contribution is -0.942. The van der Waals surface area contributed by atoms with Crippen molar-refractivity contribution in [2.75, 3.05) is 14.1 Å². The molecule has 0 aromatic rings. The van der Waals surface area contributed by atoms with Crippen LogP contribution in [-0.4, -0.2) is 24.9 Å². The number of hydrogen-bond donors (Lipinski definition) is 1. The molecule has 0 amide bonds. The third kappa shape index (κ3) is 0.626. The number of nitrogens with zero attached hydrogens (tertiary/aromatic N) is 3. The predicted molar refractivity (Wildman–Crippen MR) is 31.1 cm³/mol. The maximum Gasteiger partial charge on any atom is 0.134 e. The van der Waals surface area contributed by atoms with Crippen LogP contribution in [0, 0.1) is 0 Å². The highest BCUT2D eigenvalue weighted by Gasteiger charge is 2.07. The molecule has 0 aromatic heterocycles. The molecule has 4 heteroatoms. The van der Waals surface area contributed by atoms with Gasteiger partial charge in [0.05, 0.1) is 14.1 Å². The molecular formula is C4H10N4. The van der Waals surface area contributed by atoms with Crippen molar-refractivity contribution in [1.82, 2.24) is 5.01 Å². The minimum absolute atomic E-state index is 0.961. The summed E-state index contributed by atoms with van der Waals surface area (Å²) in [5, 5.41) is 6.73. The third-order valence-corrected chi connectivity index (χ3v) is 1.31. The van der Waals surface area contributed by atoms with E-state index in [-0.39, 0.29) is 0 Å². The SMILES string of the molecule is CC1=N[N-][NH+](C)N1C. The standard InChI is InChI=1S/C4H10N4/c1-4-5-6-8(3)7(4)2/h8H,1-3H3. The van der Waals surface area contributed by atoms with Crippen molar-refractivity contribution in [3.05, 3.63) is 5.53 Å². The number of rotatable bonds is 0. The van der Waals surface area contributed by atoms with Gasteiger partial charge < -0.3 is 10.6 Å². The van der Waals surface area contributed by atoms with Gasteiger partial charge in [0, 0.05) is 0 Å². The van der Waals surface area contributed by atoms with E-state index in [1.165, 1.54) is 0 Å². The number of amidine groups is 1. The molecule has 4 nitrogen and oxygen atoms in total. The topological polar surface area (TPSA) is 34.1 Å². The summed E-state index contributed by atoms with van der Waals surface area (Å²) in [5.41, 5.74) is 3.83. The van der Waals surface area contributed by atoms with Crippen LogP contribution in [0.25, 0.3) is 5.53 Å². The first-order valence-corrected chi connectivity index (χ1v) is 2.54. The van der Waals surface area contributed by atoms with Gasteiger partial charge in [-0.15, -0.1) is 0 Å². The van der Waals surface area contributed by atoms with E-state index in [1.54, 1.807) is 0 Å². The van der Waals surface area contributed by atoms with Crippen molar-refractivity contribution in [2.24, 2.45) is 5.10 Å². The Kier molecular flexibility index (Phi) is 1.09. The molecule has 0 bridgehead atoms. The van der Waals surface area contributed by atoms with Gasteiger partial charge in [0.2, 0.25) is 0 Å². The fourth-order valence-corrected chi connectivity index (χ4v) is 0.513. The van der Waals surface area contributed by atoms with Gasteiger partial charge in [-0.2, -0.15) is 0 Å². The largest absolute Gasteiger partial charge is 0.378 e. The smallest absolute Gasteiger partial charge is 0.134 e. The summed E-state index contributed by atoms with van der Waals surface area (Å²) in [6.07, 6.45) is 0. The van der Waals surface area contributed by atoms with Crippen molar-refractivity contribution in [2.45, 2.75) is 6.92 Å². The summed E-state index contributed by atoms with van der Waals surface area (Å²) in [7, 11) is 3.88. The molecule has 0 spiro atoms. The second kappa shape index (κ2) is 1.63. The lowest BCUT2D eigenvalue weighted by Crippen LogP contribution is -3.09.